The van der Waals surface area contributed by atoms with Gasteiger partial charge in [-0.05, 0) is 37.8 Å². The molecule has 0 bridgehead atoms. The molecule has 2 heterocycles. The van der Waals surface area contributed by atoms with Crippen molar-refractivity contribution in [1.82, 2.24) is 4.98 Å². The SMILES string of the molecule is O=C(O)c1cccc(NC2CCOC3(CCCCC3)C2)n1. The van der Waals surface area contributed by atoms with Crippen LogP contribution in [0.25, 0.3) is 0 Å². The summed E-state index contributed by atoms with van der Waals surface area (Å²) in [6.45, 7) is 0.774. The van der Waals surface area contributed by atoms with E-state index in [-0.39, 0.29) is 11.3 Å². The maximum absolute atomic E-state index is 11.0. The third kappa shape index (κ3) is 3.35. The van der Waals surface area contributed by atoms with Crippen molar-refractivity contribution < 1.29 is 14.6 Å². The number of carboxylic acid groups (broad SMARTS) is 1. The van der Waals surface area contributed by atoms with Gasteiger partial charge in [-0.3, -0.25) is 0 Å². The van der Waals surface area contributed by atoms with Gasteiger partial charge in [-0.25, -0.2) is 9.78 Å². The minimum absolute atomic E-state index is 0.0403. The van der Waals surface area contributed by atoms with Crippen molar-refractivity contribution in [3.8, 4) is 0 Å². The molecule has 1 saturated heterocycles. The van der Waals surface area contributed by atoms with Gasteiger partial charge in [-0.2, -0.15) is 0 Å². The first kappa shape index (κ1) is 14.3. The molecule has 1 spiro atoms. The average Bonchev–Trinajstić information content (AvgIpc) is 2.48. The molecule has 2 aliphatic rings. The molecule has 3 rings (SSSR count). The smallest absolute Gasteiger partial charge is 0.354 e. The van der Waals surface area contributed by atoms with E-state index in [1.807, 2.05) is 6.07 Å². The van der Waals surface area contributed by atoms with Gasteiger partial charge < -0.3 is 15.2 Å². The lowest BCUT2D eigenvalue weighted by Gasteiger charge is -2.43. The van der Waals surface area contributed by atoms with Crippen LogP contribution in [0.1, 0.15) is 55.4 Å². The van der Waals surface area contributed by atoms with Crippen molar-refractivity contribution in [3.05, 3.63) is 23.9 Å². The molecule has 1 aromatic rings. The lowest BCUT2D eigenvalue weighted by Crippen LogP contribution is -2.45. The number of hydrogen-bond acceptors (Lipinski definition) is 4. The molecular formula is C16H22N2O3. The molecule has 2 fully saturated rings. The van der Waals surface area contributed by atoms with Gasteiger partial charge in [0.25, 0.3) is 0 Å². The monoisotopic (exact) mass is 290 g/mol. The lowest BCUT2D eigenvalue weighted by molar-refractivity contribution is -0.103. The molecule has 1 aromatic heterocycles. The molecule has 0 aromatic carbocycles. The fourth-order valence-corrected chi connectivity index (χ4v) is 3.54. The van der Waals surface area contributed by atoms with Crippen LogP contribution in [0.2, 0.25) is 0 Å². The van der Waals surface area contributed by atoms with Crippen molar-refractivity contribution in [2.24, 2.45) is 0 Å². The molecule has 1 aliphatic carbocycles. The molecule has 21 heavy (non-hydrogen) atoms. The predicted octanol–water partition coefficient (Wildman–Crippen LogP) is 3.07. The molecule has 114 valence electrons. The summed E-state index contributed by atoms with van der Waals surface area (Å²) < 4.78 is 6.08. The Hall–Kier alpha value is -1.62. The number of anilines is 1. The van der Waals surface area contributed by atoms with E-state index < -0.39 is 5.97 Å². The van der Waals surface area contributed by atoms with E-state index in [4.69, 9.17) is 9.84 Å². The van der Waals surface area contributed by atoms with Gasteiger partial charge in [0, 0.05) is 12.6 Å². The number of hydrogen-bond donors (Lipinski definition) is 2. The molecular weight excluding hydrogens is 268 g/mol. The summed E-state index contributed by atoms with van der Waals surface area (Å²) >= 11 is 0. The second-order valence-electron chi connectivity index (χ2n) is 6.14. The van der Waals surface area contributed by atoms with Crippen LogP contribution in [-0.2, 0) is 4.74 Å². The zero-order valence-corrected chi connectivity index (χ0v) is 12.2. The van der Waals surface area contributed by atoms with Crippen LogP contribution >= 0.6 is 0 Å². The summed E-state index contributed by atoms with van der Waals surface area (Å²) in [6, 6.07) is 5.39. The zero-order chi connectivity index (χ0) is 14.7. The van der Waals surface area contributed by atoms with Crippen molar-refractivity contribution >= 4 is 11.8 Å². The highest BCUT2D eigenvalue weighted by atomic mass is 16.5. The first-order valence-electron chi connectivity index (χ1n) is 7.78. The van der Waals surface area contributed by atoms with Crippen LogP contribution in [0.15, 0.2) is 18.2 Å². The van der Waals surface area contributed by atoms with Crippen molar-refractivity contribution in [1.29, 1.82) is 0 Å². The van der Waals surface area contributed by atoms with Crippen LogP contribution in [-0.4, -0.2) is 34.3 Å². The number of pyridine rings is 1. The van der Waals surface area contributed by atoms with Gasteiger partial charge in [-0.1, -0.05) is 25.3 Å². The first-order valence-corrected chi connectivity index (χ1v) is 7.78. The second kappa shape index (κ2) is 6.02. The zero-order valence-electron chi connectivity index (χ0n) is 12.2. The molecule has 5 nitrogen and oxygen atoms in total. The maximum atomic E-state index is 11.0. The van der Waals surface area contributed by atoms with E-state index in [0.717, 1.165) is 32.3 Å². The summed E-state index contributed by atoms with van der Waals surface area (Å²) in [5.74, 6) is -0.345. The molecule has 1 aliphatic heterocycles. The largest absolute Gasteiger partial charge is 0.477 e. The van der Waals surface area contributed by atoms with Crippen molar-refractivity contribution in [2.45, 2.75) is 56.6 Å². The lowest BCUT2D eigenvalue weighted by atomic mass is 9.78. The van der Waals surface area contributed by atoms with Gasteiger partial charge in [0.05, 0.1) is 5.60 Å². The fourth-order valence-electron chi connectivity index (χ4n) is 3.54. The van der Waals surface area contributed by atoms with Gasteiger partial charge in [0.1, 0.15) is 5.82 Å². The molecule has 1 unspecified atom stereocenters. The summed E-state index contributed by atoms with van der Waals surface area (Å²) in [5, 5.41) is 12.4. The number of aromatic nitrogens is 1. The third-order valence-electron chi connectivity index (χ3n) is 4.58. The maximum Gasteiger partial charge on any atom is 0.354 e. The van der Waals surface area contributed by atoms with E-state index in [2.05, 4.69) is 10.3 Å². The summed E-state index contributed by atoms with van der Waals surface area (Å²) in [4.78, 5) is 15.1. The average molecular weight is 290 g/mol. The fraction of sp³-hybridized carbons (Fsp3) is 0.625. The summed E-state index contributed by atoms with van der Waals surface area (Å²) in [5.41, 5.74) is 0.123. The second-order valence-corrected chi connectivity index (χ2v) is 6.14. The highest BCUT2D eigenvalue weighted by molar-refractivity contribution is 5.85. The number of carboxylic acids is 1. The Bertz CT molecular complexity index is 506. The Labute approximate surface area is 124 Å². The Balaban J connectivity index is 1.67. The Morgan fingerprint density at radius 2 is 2.14 bits per heavy atom. The Morgan fingerprint density at radius 3 is 2.90 bits per heavy atom. The van der Waals surface area contributed by atoms with Crippen LogP contribution in [0.3, 0.4) is 0 Å². The molecule has 1 atom stereocenters. The number of rotatable bonds is 3. The molecule has 5 heteroatoms. The van der Waals surface area contributed by atoms with Crippen LogP contribution in [0.5, 0.6) is 0 Å². The minimum Gasteiger partial charge on any atom is -0.477 e. The number of carbonyl (C=O) groups is 1. The van der Waals surface area contributed by atoms with E-state index >= 15 is 0 Å². The van der Waals surface area contributed by atoms with E-state index in [9.17, 15) is 4.79 Å². The Morgan fingerprint density at radius 1 is 1.33 bits per heavy atom. The topological polar surface area (TPSA) is 71.5 Å². The molecule has 0 amide bonds. The summed E-state index contributed by atoms with van der Waals surface area (Å²) in [7, 11) is 0. The molecule has 1 saturated carbocycles. The predicted molar refractivity (Wildman–Crippen MR) is 79.6 cm³/mol. The van der Waals surface area contributed by atoms with Crippen LogP contribution in [0, 0.1) is 0 Å². The van der Waals surface area contributed by atoms with E-state index in [1.165, 1.54) is 25.3 Å². The molecule has 2 N–H and O–H groups in total. The summed E-state index contributed by atoms with van der Waals surface area (Å²) in [6.07, 6.45) is 8.04. The quantitative estimate of drug-likeness (QED) is 0.895. The van der Waals surface area contributed by atoms with E-state index in [0.29, 0.717) is 11.9 Å². The van der Waals surface area contributed by atoms with Crippen molar-refractivity contribution in [2.75, 3.05) is 11.9 Å². The van der Waals surface area contributed by atoms with Crippen LogP contribution in [0.4, 0.5) is 5.82 Å². The van der Waals surface area contributed by atoms with Gasteiger partial charge in [0.2, 0.25) is 0 Å². The highest BCUT2D eigenvalue weighted by Crippen LogP contribution is 2.39. The number of aromatic carboxylic acids is 1. The van der Waals surface area contributed by atoms with Gasteiger partial charge in [0.15, 0.2) is 5.69 Å². The third-order valence-corrected chi connectivity index (χ3v) is 4.58. The highest BCUT2D eigenvalue weighted by Gasteiger charge is 2.38. The normalized spacial score (nSPS) is 24.7. The van der Waals surface area contributed by atoms with Crippen LogP contribution < -0.4 is 5.32 Å². The molecule has 0 radical (unpaired) electrons. The Kier molecular flexibility index (Phi) is 4.10. The number of nitrogens with zero attached hydrogens (tertiary/aromatic N) is 1. The number of ether oxygens (including phenoxy) is 1. The number of nitrogens with one attached hydrogen (secondary N) is 1. The standard InChI is InChI=1S/C16H22N2O3/c19-15(20)13-5-4-6-14(18-13)17-12-7-10-21-16(11-12)8-2-1-3-9-16/h4-6,12H,1-3,7-11H2,(H,17,18)(H,19,20). The van der Waals surface area contributed by atoms with Crippen molar-refractivity contribution in [3.63, 3.8) is 0 Å². The van der Waals surface area contributed by atoms with E-state index in [1.54, 1.807) is 6.07 Å². The van der Waals surface area contributed by atoms with Gasteiger partial charge in [-0.15, -0.1) is 0 Å². The minimum atomic E-state index is -0.991. The van der Waals surface area contributed by atoms with Gasteiger partial charge >= 0.3 is 5.97 Å². The first-order chi connectivity index (χ1) is 10.2.